The van der Waals surface area contributed by atoms with E-state index in [9.17, 15) is 5.11 Å². The van der Waals surface area contributed by atoms with Crippen LogP contribution in [0.25, 0.3) is 50.8 Å². The standard InChI is InChI=1S/C40H42N4O/c1-23-16-25(3)37(26(4)17-23)31-21-32(30-12-10-11-13-36(30)45)42-39(31)44-35(38-27(5)18-24(2)19-28(38)6)22-34(43-44)33-20-29(14-15-41-33)40(7,8)9/h10-22,42,45H,1-9H3. The topological polar surface area (TPSA) is 66.7 Å². The molecule has 0 atom stereocenters. The zero-order valence-electron chi connectivity index (χ0n) is 27.8. The van der Waals surface area contributed by atoms with Crippen LogP contribution in [0, 0.1) is 41.5 Å². The molecule has 5 nitrogen and oxygen atoms in total. The number of aromatic hydroxyl groups is 1. The molecule has 5 heteroatoms. The Morgan fingerprint density at radius 3 is 1.87 bits per heavy atom. The second-order valence-electron chi connectivity index (χ2n) is 13.5. The van der Waals surface area contributed by atoms with Crippen molar-refractivity contribution in [1.29, 1.82) is 0 Å². The van der Waals surface area contributed by atoms with Gasteiger partial charge in [0.05, 0.1) is 17.1 Å². The minimum Gasteiger partial charge on any atom is -0.507 e. The van der Waals surface area contributed by atoms with Gasteiger partial charge in [-0.3, -0.25) is 4.98 Å². The van der Waals surface area contributed by atoms with E-state index in [1.54, 1.807) is 6.07 Å². The Bertz CT molecular complexity index is 2020. The Kier molecular flexibility index (Phi) is 7.52. The number of H-pyrrole nitrogens is 1. The van der Waals surface area contributed by atoms with Crippen LogP contribution in [0.2, 0.25) is 0 Å². The van der Waals surface area contributed by atoms with E-state index in [-0.39, 0.29) is 11.2 Å². The zero-order chi connectivity index (χ0) is 32.2. The molecule has 0 bridgehead atoms. The second kappa shape index (κ2) is 11.2. The van der Waals surface area contributed by atoms with Crippen LogP contribution in [0.15, 0.2) is 79.0 Å². The van der Waals surface area contributed by atoms with Crippen LogP contribution in [0.1, 0.15) is 59.7 Å². The Morgan fingerprint density at radius 2 is 1.27 bits per heavy atom. The first-order valence-electron chi connectivity index (χ1n) is 15.6. The number of hydrogen-bond donors (Lipinski definition) is 2. The summed E-state index contributed by atoms with van der Waals surface area (Å²) < 4.78 is 2.04. The van der Waals surface area contributed by atoms with Crippen molar-refractivity contribution in [1.82, 2.24) is 19.7 Å². The van der Waals surface area contributed by atoms with Crippen molar-refractivity contribution < 1.29 is 5.11 Å². The summed E-state index contributed by atoms with van der Waals surface area (Å²) in [6.07, 6.45) is 1.88. The average Bonchev–Trinajstić information content (AvgIpc) is 3.57. The molecular formula is C40H42N4O. The van der Waals surface area contributed by atoms with Crippen LogP contribution < -0.4 is 0 Å². The van der Waals surface area contributed by atoms with Gasteiger partial charge in [-0.2, -0.15) is 5.10 Å². The number of aromatic amines is 1. The fourth-order valence-corrected chi connectivity index (χ4v) is 6.73. The normalized spacial score (nSPS) is 11.8. The number of phenolic OH excluding ortho intramolecular Hbond substituents is 1. The Morgan fingerprint density at radius 1 is 0.667 bits per heavy atom. The van der Waals surface area contributed by atoms with E-state index in [1.165, 1.54) is 38.9 Å². The third kappa shape index (κ3) is 5.59. The fraction of sp³-hybridized carbons (Fsp3) is 0.250. The number of benzene rings is 3. The molecule has 0 spiro atoms. The number of rotatable bonds is 5. The molecule has 0 fully saturated rings. The van der Waals surface area contributed by atoms with Gasteiger partial charge in [0.25, 0.3) is 0 Å². The summed E-state index contributed by atoms with van der Waals surface area (Å²) in [6.45, 7) is 19.6. The summed E-state index contributed by atoms with van der Waals surface area (Å²) in [4.78, 5) is 8.49. The minimum absolute atomic E-state index is 0.0209. The van der Waals surface area contributed by atoms with Gasteiger partial charge in [0.1, 0.15) is 17.3 Å². The maximum atomic E-state index is 10.9. The van der Waals surface area contributed by atoms with Crippen LogP contribution in [0.5, 0.6) is 5.75 Å². The molecule has 6 aromatic rings. The molecule has 0 aliphatic rings. The SMILES string of the molecule is Cc1cc(C)c(-c2cc(-c3ccccc3O)[nH]c2-n2nc(-c3cc(C(C)(C)C)ccn3)cc2-c2c(C)cc(C)cc2C)c(C)c1. The van der Waals surface area contributed by atoms with Gasteiger partial charge in [0.15, 0.2) is 0 Å². The molecule has 0 amide bonds. The highest BCUT2D eigenvalue weighted by Gasteiger charge is 2.25. The molecule has 228 valence electrons. The first-order chi connectivity index (χ1) is 21.3. The highest BCUT2D eigenvalue weighted by Crippen LogP contribution is 2.41. The summed E-state index contributed by atoms with van der Waals surface area (Å²) in [7, 11) is 0. The van der Waals surface area contributed by atoms with Crippen LogP contribution in [-0.2, 0) is 5.41 Å². The van der Waals surface area contributed by atoms with Gasteiger partial charge in [0, 0.05) is 22.9 Å². The van der Waals surface area contributed by atoms with Gasteiger partial charge in [-0.05, 0) is 117 Å². The number of aromatic nitrogens is 4. The molecule has 0 aliphatic carbocycles. The van der Waals surface area contributed by atoms with Crippen molar-refractivity contribution in [3.05, 3.63) is 118 Å². The van der Waals surface area contributed by atoms with Crippen molar-refractivity contribution in [3.8, 4) is 56.6 Å². The van der Waals surface area contributed by atoms with Gasteiger partial charge in [0.2, 0.25) is 0 Å². The van der Waals surface area contributed by atoms with Crippen LogP contribution in [0.4, 0.5) is 0 Å². The van der Waals surface area contributed by atoms with Crippen LogP contribution in [0.3, 0.4) is 0 Å². The maximum absolute atomic E-state index is 10.9. The quantitative estimate of drug-likeness (QED) is 0.209. The largest absolute Gasteiger partial charge is 0.507 e. The zero-order valence-corrected chi connectivity index (χ0v) is 27.8. The summed E-state index contributed by atoms with van der Waals surface area (Å²) in [5.41, 5.74) is 15.9. The van der Waals surface area contributed by atoms with E-state index in [2.05, 4.69) is 116 Å². The monoisotopic (exact) mass is 594 g/mol. The summed E-state index contributed by atoms with van der Waals surface area (Å²) in [5.74, 6) is 1.07. The number of para-hydroxylation sites is 1. The predicted molar refractivity (Wildman–Crippen MR) is 186 cm³/mol. The second-order valence-corrected chi connectivity index (χ2v) is 13.5. The first-order valence-corrected chi connectivity index (χ1v) is 15.6. The van der Waals surface area contributed by atoms with E-state index in [0.29, 0.717) is 0 Å². The minimum atomic E-state index is -0.0209. The van der Waals surface area contributed by atoms with Crippen molar-refractivity contribution >= 4 is 0 Å². The maximum Gasteiger partial charge on any atom is 0.140 e. The number of nitrogens with one attached hydrogen (secondary N) is 1. The predicted octanol–water partition coefficient (Wildman–Crippen LogP) is 10.1. The number of hydrogen-bond acceptors (Lipinski definition) is 3. The smallest absolute Gasteiger partial charge is 0.140 e. The highest BCUT2D eigenvalue weighted by atomic mass is 16.3. The number of aryl methyl sites for hydroxylation is 6. The summed E-state index contributed by atoms with van der Waals surface area (Å²) >= 11 is 0. The van der Waals surface area contributed by atoms with E-state index >= 15 is 0 Å². The van der Waals surface area contributed by atoms with Crippen molar-refractivity contribution in [3.63, 3.8) is 0 Å². The Balaban J connectivity index is 1.69. The summed E-state index contributed by atoms with van der Waals surface area (Å²) in [6, 6.07) is 24.9. The molecule has 0 aliphatic heterocycles. The summed E-state index contributed by atoms with van der Waals surface area (Å²) in [5, 5.41) is 16.2. The molecule has 0 unspecified atom stereocenters. The molecule has 45 heavy (non-hydrogen) atoms. The van der Waals surface area contributed by atoms with E-state index in [0.717, 1.165) is 50.8 Å². The van der Waals surface area contributed by atoms with Gasteiger partial charge in [-0.25, -0.2) is 4.68 Å². The lowest BCUT2D eigenvalue weighted by Crippen LogP contribution is -2.11. The fourth-order valence-electron chi connectivity index (χ4n) is 6.73. The van der Waals surface area contributed by atoms with Crippen molar-refractivity contribution in [2.45, 2.75) is 67.7 Å². The number of nitrogens with zero attached hydrogens (tertiary/aromatic N) is 3. The van der Waals surface area contributed by atoms with Gasteiger partial charge in [-0.1, -0.05) is 68.3 Å². The molecule has 3 aromatic carbocycles. The van der Waals surface area contributed by atoms with Gasteiger partial charge >= 0.3 is 0 Å². The lowest BCUT2D eigenvalue weighted by Gasteiger charge is -2.19. The van der Waals surface area contributed by atoms with Crippen LogP contribution >= 0.6 is 0 Å². The number of phenols is 1. The molecule has 0 radical (unpaired) electrons. The first kappa shape index (κ1) is 30.1. The molecule has 0 saturated carbocycles. The van der Waals surface area contributed by atoms with Crippen molar-refractivity contribution in [2.24, 2.45) is 0 Å². The number of pyridine rings is 1. The van der Waals surface area contributed by atoms with Gasteiger partial charge in [-0.15, -0.1) is 0 Å². The van der Waals surface area contributed by atoms with Crippen LogP contribution in [-0.4, -0.2) is 24.9 Å². The Labute approximate surface area is 266 Å². The molecule has 6 rings (SSSR count). The molecule has 3 aromatic heterocycles. The Hall–Kier alpha value is -4.90. The molecular weight excluding hydrogens is 552 g/mol. The van der Waals surface area contributed by atoms with E-state index < -0.39 is 0 Å². The average molecular weight is 595 g/mol. The van der Waals surface area contributed by atoms with E-state index in [1.807, 2.05) is 29.1 Å². The van der Waals surface area contributed by atoms with E-state index in [4.69, 9.17) is 10.1 Å². The molecule has 2 N–H and O–H groups in total. The third-order valence-corrected chi connectivity index (χ3v) is 8.68. The lowest BCUT2D eigenvalue weighted by molar-refractivity contribution is 0.477. The lowest BCUT2D eigenvalue weighted by atomic mass is 9.87. The van der Waals surface area contributed by atoms with Crippen molar-refractivity contribution in [2.75, 3.05) is 0 Å². The molecule has 3 heterocycles. The highest BCUT2D eigenvalue weighted by molar-refractivity contribution is 5.85. The van der Waals surface area contributed by atoms with Gasteiger partial charge < -0.3 is 10.1 Å². The molecule has 0 saturated heterocycles. The third-order valence-electron chi connectivity index (χ3n) is 8.68.